The number of nitrogens with zero attached hydrogens (tertiary/aromatic N) is 2. The Morgan fingerprint density at radius 1 is 1.44 bits per heavy atom. The Morgan fingerprint density at radius 3 is 2.62 bits per heavy atom. The topological polar surface area (TPSA) is 41.8 Å². The highest BCUT2D eigenvalue weighted by Gasteiger charge is 1.95. The van der Waals surface area contributed by atoms with Crippen molar-refractivity contribution < 1.29 is 9.18 Å². The molecule has 0 bridgehead atoms. The zero-order valence-corrected chi connectivity index (χ0v) is 10.0. The van der Waals surface area contributed by atoms with Crippen molar-refractivity contribution in [3.05, 3.63) is 35.6 Å². The molecule has 0 aromatic heterocycles. The highest BCUT2D eigenvalue weighted by Crippen LogP contribution is 1.99. The third-order valence-corrected chi connectivity index (χ3v) is 2.27. The van der Waals surface area contributed by atoms with E-state index in [0.717, 1.165) is 5.56 Å². The van der Waals surface area contributed by atoms with Gasteiger partial charge in [-0.3, -0.25) is 14.8 Å². The number of hydrogen-bond acceptors (Lipinski definition) is 3. The summed E-state index contributed by atoms with van der Waals surface area (Å²) in [6, 6.07) is 5.97. The van der Waals surface area contributed by atoms with E-state index in [2.05, 4.69) is 9.98 Å². The molecule has 84 valence electrons. The smallest absolute Gasteiger partial charge is 0.191 e. The van der Waals surface area contributed by atoms with Crippen LogP contribution in [-0.2, 0) is 4.79 Å². The van der Waals surface area contributed by atoms with Crippen molar-refractivity contribution in [2.45, 2.75) is 6.92 Å². The van der Waals surface area contributed by atoms with Gasteiger partial charge in [-0.1, -0.05) is 21.4 Å². The first-order chi connectivity index (χ1) is 7.59. The van der Waals surface area contributed by atoms with Gasteiger partial charge in [0, 0.05) is 6.21 Å². The van der Waals surface area contributed by atoms with E-state index in [1.54, 1.807) is 25.3 Å². The monoisotopic (exact) mass is 238 g/mol. The molecule has 0 fully saturated rings. The zero-order valence-electron chi connectivity index (χ0n) is 8.85. The van der Waals surface area contributed by atoms with E-state index in [1.807, 2.05) is 9.24 Å². The molecule has 0 aliphatic rings. The summed E-state index contributed by atoms with van der Waals surface area (Å²) in [5.41, 5.74) is 1.07. The van der Waals surface area contributed by atoms with E-state index in [9.17, 15) is 9.18 Å². The average molecular weight is 238 g/mol. The van der Waals surface area contributed by atoms with E-state index in [4.69, 9.17) is 0 Å². The van der Waals surface area contributed by atoms with Crippen LogP contribution in [-0.4, -0.2) is 24.1 Å². The summed E-state index contributed by atoms with van der Waals surface area (Å²) in [6.07, 6.45) is 1.59. The van der Waals surface area contributed by atoms with Crippen LogP contribution in [0.3, 0.4) is 0 Å². The summed E-state index contributed by atoms with van der Waals surface area (Å²) >= 11 is 0. The van der Waals surface area contributed by atoms with Crippen LogP contribution in [0.15, 0.2) is 34.3 Å². The first kappa shape index (κ1) is 12.7. The van der Waals surface area contributed by atoms with Gasteiger partial charge < -0.3 is 0 Å². The van der Waals surface area contributed by atoms with Gasteiger partial charge in [-0.05, 0) is 24.6 Å². The third kappa shape index (κ3) is 4.41. The van der Waals surface area contributed by atoms with E-state index < -0.39 is 0 Å². The van der Waals surface area contributed by atoms with Gasteiger partial charge >= 0.3 is 0 Å². The van der Waals surface area contributed by atoms with E-state index in [-0.39, 0.29) is 18.0 Å². The Morgan fingerprint density at radius 2 is 2.06 bits per heavy atom. The molecule has 1 aromatic rings. The van der Waals surface area contributed by atoms with Crippen LogP contribution in [0.2, 0.25) is 0 Å². The van der Waals surface area contributed by atoms with Gasteiger partial charge in [-0.25, -0.2) is 4.39 Å². The summed E-state index contributed by atoms with van der Waals surface area (Å²) in [6.45, 7) is 1.83. The van der Waals surface area contributed by atoms with Gasteiger partial charge in [0.1, 0.15) is 12.5 Å². The summed E-state index contributed by atoms with van der Waals surface area (Å²) < 4.78 is 12.6. The molecule has 1 rings (SSSR count). The Balaban J connectivity index is 2.52. The minimum absolute atomic E-state index is 0.142. The van der Waals surface area contributed by atoms with Crippen LogP contribution >= 0.6 is 9.24 Å². The molecule has 1 unspecified atom stereocenters. The summed E-state index contributed by atoms with van der Waals surface area (Å²) in [7, 11) is 2.05. The van der Waals surface area contributed by atoms with Gasteiger partial charge in [0.15, 0.2) is 5.52 Å². The summed E-state index contributed by atoms with van der Waals surface area (Å²) in [5.74, 6) is -0.278. The highest BCUT2D eigenvalue weighted by molar-refractivity contribution is 7.45. The van der Waals surface area contributed by atoms with Crippen LogP contribution in [0.5, 0.6) is 0 Å². The van der Waals surface area contributed by atoms with Crippen LogP contribution in [0.1, 0.15) is 12.5 Å². The zero-order chi connectivity index (χ0) is 12.0. The molecular weight excluding hydrogens is 226 g/mol. The quantitative estimate of drug-likeness (QED) is 0.584. The molecule has 0 aliphatic heterocycles. The molecular formula is C11H12FN2OP. The normalized spacial score (nSPS) is 12.1. The Hall–Kier alpha value is -1.41. The molecule has 1 aromatic carbocycles. The number of hydrogen-bond donors (Lipinski definition) is 0. The van der Waals surface area contributed by atoms with Gasteiger partial charge in [-0.15, -0.1) is 0 Å². The highest BCUT2D eigenvalue weighted by atomic mass is 31.0. The number of halogens is 1. The van der Waals surface area contributed by atoms with Crippen LogP contribution in [0.25, 0.3) is 0 Å². The van der Waals surface area contributed by atoms with Crippen LogP contribution < -0.4 is 0 Å². The SMILES string of the molecule is C/C(=N\C/N=C\c1ccc(F)cc1)C(=O)P. The molecule has 0 saturated carbocycles. The molecule has 0 amide bonds. The second-order valence-electron chi connectivity index (χ2n) is 3.11. The first-order valence-electron chi connectivity index (χ1n) is 4.66. The van der Waals surface area contributed by atoms with E-state index >= 15 is 0 Å². The van der Waals surface area contributed by atoms with Gasteiger partial charge in [-0.2, -0.15) is 0 Å². The van der Waals surface area contributed by atoms with Crippen molar-refractivity contribution in [2.75, 3.05) is 6.67 Å². The van der Waals surface area contributed by atoms with Crippen molar-refractivity contribution in [1.82, 2.24) is 0 Å². The predicted octanol–water partition coefficient (Wildman–Crippen LogP) is 2.06. The van der Waals surface area contributed by atoms with Gasteiger partial charge in [0.25, 0.3) is 0 Å². The molecule has 0 aliphatic carbocycles. The van der Waals surface area contributed by atoms with Crippen molar-refractivity contribution in [1.29, 1.82) is 0 Å². The van der Waals surface area contributed by atoms with E-state index in [1.165, 1.54) is 12.1 Å². The molecule has 0 radical (unpaired) electrons. The van der Waals surface area contributed by atoms with Crippen LogP contribution in [0.4, 0.5) is 4.39 Å². The summed E-state index contributed by atoms with van der Waals surface area (Å²) in [4.78, 5) is 18.7. The number of aliphatic imine (C=N–C) groups is 2. The maximum Gasteiger partial charge on any atom is 0.191 e. The third-order valence-electron chi connectivity index (χ3n) is 1.86. The molecule has 5 heteroatoms. The second-order valence-corrected chi connectivity index (χ2v) is 3.64. The van der Waals surface area contributed by atoms with Gasteiger partial charge in [0.05, 0.1) is 5.71 Å². The lowest BCUT2D eigenvalue weighted by molar-refractivity contribution is -0.105. The number of carbonyl (C=O) groups is 1. The number of carbonyl (C=O) groups excluding carboxylic acids is 1. The fraction of sp³-hybridized carbons (Fsp3) is 0.182. The van der Waals surface area contributed by atoms with E-state index in [0.29, 0.717) is 5.71 Å². The van der Waals surface area contributed by atoms with Crippen molar-refractivity contribution >= 4 is 26.7 Å². The largest absolute Gasteiger partial charge is 0.288 e. The molecule has 3 nitrogen and oxygen atoms in total. The molecule has 0 N–H and O–H groups in total. The Bertz CT molecular complexity index is 426. The Labute approximate surface area is 95.7 Å². The van der Waals surface area contributed by atoms with Crippen molar-refractivity contribution in [2.24, 2.45) is 9.98 Å². The minimum atomic E-state index is -0.278. The molecule has 16 heavy (non-hydrogen) atoms. The molecule has 0 saturated heterocycles. The predicted molar refractivity (Wildman–Crippen MR) is 66.7 cm³/mol. The molecule has 0 spiro atoms. The molecule has 1 atom stereocenters. The average Bonchev–Trinajstić information content (AvgIpc) is 2.26. The summed E-state index contributed by atoms with van der Waals surface area (Å²) in [5, 5.41) is 0. The number of rotatable bonds is 4. The standard InChI is InChI=1S/C11H12FN2OP/c1-8(11(15)16)14-7-13-6-9-2-4-10(12)5-3-9/h2-6H,7,16H2,1H3/b13-6-,14-8+. The van der Waals surface area contributed by atoms with Crippen LogP contribution in [0, 0.1) is 5.82 Å². The maximum atomic E-state index is 12.6. The maximum absolute atomic E-state index is 12.6. The fourth-order valence-electron chi connectivity index (χ4n) is 0.920. The van der Waals surface area contributed by atoms with Crippen molar-refractivity contribution in [3.63, 3.8) is 0 Å². The molecule has 0 heterocycles. The van der Waals surface area contributed by atoms with Gasteiger partial charge in [0.2, 0.25) is 0 Å². The lowest BCUT2D eigenvalue weighted by Gasteiger charge is -1.93. The Kier molecular flexibility index (Phi) is 4.93. The number of benzene rings is 1. The first-order valence-corrected chi connectivity index (χ1v) is 5.23. The fourth-order valence-corrected chi connectivity index (χ4v) is 1.01. The lowest BCUT2D eigenvalue weighted by atomic mass is 10.2. The minimum Gasteiger partial charge on any atom is -0.288 e. The second kappa shape index (κ2) is 6.23. The van der Waals surface area contributed by atoms with Crippen molar-refractivity contribution in [3.8, 4) is 0 Å². The lowest BCUT2D eigenvalue weighted by Crippen LogP contribution is -2.01.